The fourth-order valence-electron chi connectivity index (χ4n) is 3.09. The number of hydrogen-bond donors (Lipinski definition) is 1. The van der Waals surface area contributed by atoms with Gasteiger partial charge in [0.2, 0.25) is 5.91 Å². The minimum atomic E-state index is 0.0111. The molecular formula is C19H21NO2. The molecule has 3 rings (SSSR count). The van der Waals surface area contributed by atoms with E-state index in [2.05, 4.69) is 29.6 Å². The van der Waals surface area contributed by atoms with Crippen molar-refractivity contribution in [2.75, 3.05) is 0 Å². The van der Waals surface area contributed by atoms with Crippen molar-refractivity contribution in [1.29, 1.82) is 0 Å². The molecule has 1 heterocycles. The lowest BCUT2D eigenvalue weighted by molar-refractivity contribution is -0.122. The van der Waals surface area contributed by atoms with Crippen LogP contribution in [-0.2, 0) is 9.53 Å². The van der Waals surface area contributed by atoms with Crippen LogP contribution in [0.2, 0.25) is 0 Å². The van der Waals surface area contributed by atoms with Crippen LogP contribution in [0.15, 0.2) is 60.7 Å². The summed E-state index contributed by atoms with van der Waals surface area (Å²) in [7, 11) is 0. The number of hydrogen-bond acceptors (Lipinski definition) is 2. The van der Waals surface area contributed by atoms with Gasteiger partial charge in [0.1, 0.15) is 0 Å². The van der Waals surface area contributed by atoms with Crippen molar-refractivity contribution in [1.82, 2.24) is 5.32 Å². The van der Waals surface area contributed by atoms with E-state index >= 15 is 0 Å². The monoisotopic (exact) mass is 295 g/mol. The van der Waals surface area contributed by atoms with E-state index in [4.69, 9.17) is 4.74 Å². The molecule has 2 aromatic carbocycles. The molecule has 3 nitrogen and oxygen atoms in total. The van der Waals surface area contributed by atoms with E-state index in [1.807, 2.05) is 36.4 Å². The Morgan fingerprint density at radius 1 is 0.909 bits per heavy atom. The van der Waals surface area contributed by atoms with Gasteiger partial charge in [-0.3, -0.25) is 4.79 Å². The lowest BCUT2D eigenvalue weighted by atomic mass is 9.91. The highest BCUT2D eigenvalue weighted by Gasteiger charge is 2.31. The first-order chi connectivity index (χ1) is 10.7. The highest BCUT2D eigenvalue weighted by molar-refractivity contribution is 5.73. The topological polar surface area (TPSA) is 38.3 Å². The zero-order valence-corrected chi connectivity index (χ0v) is 12.7. The molecule has 1 saturated heterocycles. The summed E-state index contributed by atoms with van der Waals surface area (Å²) in [4.78, 5) is 11.4. The number of carbonyl (C=O) groups is 1. The second kappa shape index (κ2) is 6.75. The summed E-state index contributed by atoms with van der Waals surface area (Å²) in [5.41, 5.74) is 2.33. The van der Waals surface area contributed by atoms with Crippen molar-refractivity contribution in [2.24, 2.45) is 0 Å². The van der Waals surface area contributed by atoms with Gasteiger partial charge in [0, 0.05) is 13.0 Å². The van der Waals surface area contributed by atoms with Crippen molar-refractivity contribution in [3.8, 4) is 0 Å². The van der Waals surface area contributed by atoms with Gasteiger partial charge in [0.25, 0.3) is 0 Å². The highest BCUT2D eigenvalue weighted by atomic mass is 16.5. The van der Waals surface area contributed by atoms with Crippen LogP contribution < -0.4 is 5.32 Å². The summed E-state index contributed by atoms with van der Waals surface area (Å²) in [6.07, 6.45) is 1.65. The van der Waals surface area contributed by atoms with Crippen LogP contribution in [0.25, 0.3) is 0 Å². The van der Waals surface area contributed by atoms with Gasteiger partial charge in [-0.05, 0) is 24.0 Å². The van der Waals surface area contributed by atoms with Gasteiger partial charge in [-0.15, -0.1) is 0 Å². The summed E-state index contributed by atoms with van der Waals surface area (Å²) < 4.78 is 6.32. The molecule has 0 spiro atoms. The number of nitrogens with one attached hydrogen (secondary N) is 1. The Kier molecular flexibility index (Phi) is 4.54. The third kappa shape index (κ3) is 3.55. The van der Waals surface area contributed by atoms with Gasteiger partial charge in [-0.1, -0.05) is 60.7 Å². The minimum Gasteiger partial charge on any atom is -0.365 e. The third-order valence-electron chi connectivity index (χ3n) is 4.08. The number of rotatable bonds is 3. The number of benzene rings is 2. The fraction of sp³-hybridized carbons (Fsp3) is 0.316. The maximum atomic E-state index is 11.4. The Hall–Kier alpha value is -2.13. The molecule has 0 aliphatic carbocycles. The molecule has 0 unspecified atom stereocenters. The number of amides is 1. The Morgan fingerprint density at radius 3 is 1.77 bits per heavy atom. The van der Waals surface area contributed by atoms with Gasteiger partial charge in [-0.25, -0.2) is 0 Å². The first-order valence-electron chi connectivity index (χ1n) is 7.75. The molecule has 1 fully saturated rings. The highest BCUT2D eigenvalue weighted by Crippen LogP contribution is 2.38. The van der Waals surface area contributed by atoms with E-state index in [-0.39, 0.29) is 24.2 Å². The van der Waals surface area contributed by atoms with E-state index in [9.17, 15) is 4.79 Å². The summed E-state index contributed by atoms with van der Waals surface area (Å²) in [6.45, 7) is 1.57. The molecular weight excluding hydrogens is 274 g/mol. The molecule has 1 aliphatic heterocycles. The lowest BCUT2D eigenvalue weighted by Crippen LogP contribution is -2.39. The predicted octanol–water partition coefficient (Wildman–Crippen LogP) is 3.78. The zero-order valence-electron chi connectivity index (χ0n) is 12.7. The maximum Gasteiger partial charge on any atom is 0.217 e. The molecule has 2 atom stereocenters. The molecule has 2 aromatic rings. The first-order valence-corrected chi connectivity index (χ1v) is 7.75. The van der Waals surface area contributed by atoms with Gasteiger partial charge >= 0.3 is 0 Å². The molecule has 0 saturated carbocycles. The van der Waals surface area contributed by atoms with Gasteiger partial charge in [0.05, 0.1) is 12.2 Å². The smallest absolute Gasteiger partial charge is 0.217 e. The Bertz CT molecular complexity index is 564. The summed E-state index contributed by atoms with van der Waals surface area (Å²) in [6, 6.07) is 20.6. The number of carbonyl (C=O) groups excluding carboxylic acids is 1. The van der Waals surface area contributed by atoms with Crippen LogP contribution in [0, 0.1) is 0 Å². The average molecular weight is 295 g/mol. The lowest BCUT2D eigenvalue weighted by Gasteiger charge is -2.36. The SMILES string of the molecule is CC(=O)NC1C[C@@H](c2ccccc2)O[C@H](c2ccccc2)C1. The molecule has 0 aromatic heterocycles. The molecule has 0 bridgehead atoms. The first kappa shape index (κ1) is 14.8. The van der Waals surface area contributed by atoms with Crippen LogP contribution in [0.1, 0.15) is 43.1 Å². The molecule has 1 N–H and O–H groups in total. The van der Waals surface area contributed by atoms with Crippen molar-refractivity contribution < 1.29 is 9.53 Å². The van der Waals surface area contributed by atoms with Crippen LogP contribution in [0.5, 0.6) is 0 Å². The Balaban J connectivity index is 1.83. The van der Waals surface area contributed by atoms with Crippen LogP contribution >= 0.6 is 0 Å². The standard InChI is InChI=1S/C19H21NO2/c1-14(21)20-17-12-18(15-8-4-2-5-9-15)22-19(13-17)16-10-6-3-7-11-16/h2-11,17-19H,12-13H2,1H3,(H,20,21)/t18-,19-/m0/s1. The van der Waals surface area contributed by atoms with E-state index in [0.717, 1.165) is 12.8 Å². The predicted molar refractivity (Wildman–Crippen MR) is 86.3 cm³/mol. The summed E-state index contributed by atoms with van der Waals surface area (Å²) in [5.74, 6) is 0.0190. The molecule has 22 heavy (non-hydrogen) atoms. The Morgan fingerprint density at radius 2 is 1.36 bits per heavy atom. The van der Waals surface area contributed by atoms with Crippen molar-refractivity contribution in [3.05, 3.63) is 71.8 Å². The molecule has 1 aliphatic rings. The second-order valence-electron chi connectivity index (χ2n) is 5.80. The maximum absolute atomic E-state index is 11.4. The van der Waals surface area contributed by atoms with Gasteiger partial charge in [0.15, 0.2) is 0 Å². The Labute approximate surface area is 131 Å². The van der Waals surface area contributed by atoms with E-state index in [1.165, 1.54) is 11.1 Å². The van der Waals surface area contributed by atoms with Crippen molar-refractivity contribution in [2.45, 2.75) is 38.0 Å². The third-order valence-corrected chi connectivity index (χ3v) is 4.08. The zero-order chi connectivity index (χ0) is 15.4. The number of ether oxygens (including phenoxy) is 1. The largest absolute Gasteiger partial charge is 0.365 e. The van der Waals surface area contributed by atoms with Crippen molar-refractivity contribution in [3.63, 3.8) is 0 Å². The molecule has 1 amide bonds. The summed E-state index contributed by atoms with van der Waals surface area (Å²) >= 11 is 0. The van der Waals surface area contributed by atoms with Crippen LogP contribution in [0.4, 0.5) is 0 Å². The average Bonchev–Trinajstić information content (AvgIpc) is 2.55. The van der Waals surface area contributed by atoms with E-state index in [0.29, 0.717) is 0 Å². The molecule has 3 heteroatoms. The van der Waals surface area contributed by atoms with Crippen molar-refractivity contribution >= 4 is 5.91 Å². The quantitative estimate of drug-likeness (QED) is 0.935. The van der Waals surface area contributed by atoms with Gasteiger partial charge in [-0.2, -0.15) is 0 Å². The van der Waals surface area contributed by atoms with E-state index in [1.54, 1.807) is 6.92 Å². The fourth-order valence-corrected chi connectivity index (χ4v) is 3.09. The van der Waals surface area contributed by atoms with Crippen LogP contribution in [-0.4, -0.2) is 11.9 Å². The van der Waals surface area contributed by atoms with Gasteiger partial charge < -0.3 is 10.1 Å². The van der Waals surface area contributed by atoms with E-state index < -0.39 is 0 Å². The summed E-state index contributed by atoms with van der Waals surface area (Å²) in [5, 5.41) is 3.06. The minimum absolute atomic E-state index is 0.0111. The second-order valence-corrected chi connectivity index (χ2v) is 5.80. The van der Waals surface area contributed by atoms with Crippen LogP contribution in [0.3, 0.4) is 0 Å². The molecule has 0 radical (unpaired) electrons. The molecule has 114 valence electrons. The normalized spacial score (nSPS) is 24.7.